The molecule has 72 valence electrons. The van der Waals surface area contributed by atoms with Gasteiger partial charge in [-0.1, -0.05) is 0 Å². The third-order valence-electron chi connectivity index (χ3n) is 2.67. The molecule has 0 radical (unpaired) electrons. The summed E-state index contributed by atoms with van der Waals surface area (Å²) in [7, 11) is 1.87. The standard InChI is InChI=1S/C8H14N4O/c1-12-7(10-6-11-12)2-8(5-13)3-9-4-8/h6,9,13H,2-5H2,1H3. The van der Waals surface area contributed by atoms with Gasteiger partial charge in [0, 0.05) is 32.0 Å². The van der Waals surface area contributed by atoms with Crippen molar-refractivity contribution >= 4 is 0 Å². The van der Waals surface area contributed by atoms with E-state index >= 15 is 0 Å². The van der Waals surface area contributed by atoms with E-state index in [4.69, 9.17) is 0 Å². The van der Waals surface area contributed by atoms with Gasteiger partial charge in [-0.3, -0.25) is 4.68 Å². The van der Waals surface area contributed by atoms with E-state index in [1.807, 2.05) is 7.05 Å². The van der Waals surface area contributed by atoms with Crippen molar-refractivity contribution < 1.29 is 5.11 Å². The summed E-state index contributed by atoms with van der Waals surface area (Å²) in [6, 6.07) is 0. The maximum Gasteiger partial charge on any atom is 0.138 e. The van der Waals surface area contributed by atoms with Crippen LogP contribution in [0.1, 0.15) is 5.82 Å². The highest BCUT2D eigenvalue weighted by Gasteiger charge is 2.37. The molecule has 0 unspecified atom stereocenters. The van der Waals surface area contributed by atoms with E-state index in [-0.39, 0.29) is 12.0 Å². The van der Waals surface area contributed by atoms with Crippen LogP contribution in [0.3, 0.4) is 0 Å². The zero-order valence-electron chi connectivity index (χ0n) is 7.69. The van der Waals surface area contributed by atoms with Crippen molar-refractivity contribution in [1.29, 1.82) is 0 Å². The lowest BCUT2D eigenvalue weighted by Gasteiger charge is -2.40. The number of aromatic nitrogens is 3. The third-order valence-corrected chi connectivity index (χ3v) is 2.67. The molecule has 1 aromatic heterocycles. The lowest BCUT2D eigenvalue weighted by molar-refractivity contribution is 0.0659. The number of aliphatic hydroxyl groups excluding tert-OH is 1. The fourth-order valence-electron chi connectivity index (χ4n) is 1.59. The second-order valence-electron chi connectivity index (χ2n) is 3.74. The molecule has 5 nitrogen and oxygen atoms in total. The fraction of sp³-hybridized carbons (Fsp3) is 0.750. The average Bonchev–Trinajstić information content (AvgIpc) is 2.44. The number of aryl methyl sites for hydroxylation is 1. The minimum absolute atomic E-state index is 0.000787. The summed E-state index contributed by atoms with van der Waals surface area (Å²) >= 11 is 0. The highest BCUT2D eigenvalue weighted by Crippen LogP contribution is 2.25. The number of hydrogen-bond donors (Lipinski definition) is 2. The normalized spacial score (nSPS) is 19.8. The van der Waals surface area contributed by atoms with Gasteiger partial charge >= 0.3 is 0 Å². The predicted octanol–water partition coefficient (Wildman–Crippen LogP) is -1.06. The summed E-state index contributed by atoms with van der Waals surface area (Å²) in [5.74, 6) is 0.940. The van der Waals surface area contributed by atoms with Crippen LogP contribution < -0.4 is 5.32 Å². The summed E-state index contributed by atoms with van der Waals surface area (Å²) in [6.07, 6.45) is 2.35. The summed E-state index contributed by atoms with van der Waals surface area (Å²) < 4.78 is 1.76. The van der Waals surface area contributed by atoms with E-state index in [9.17, 15) is 5.11 Å². The molecule has 0 bridgehead atoms. The van der Waals surface area contributed by atoms with E-state index < -0.39 is 0 Å². The molecule has 1 saturated heterocycles. The van der Waals surface area contributed by atoms with Gasteiger partial charge in [0.15, 0.2) is 0 Å². The Morgan fingerprint density at radius 2 is 2.46 bits per heavy atom. The first-order valence-electron chi connectivity index (χ1n) is 4.40. The van der Waals surface area contributed by atoms with Crippen molar-refractivity contribution in [2.75, 3.05) is 19.7 Å². The van der Waals surface area contributed by atoms with Crippen LogP contribution in [-0.4, -0.2) is 39.6 Å². The van der Waals surface area contributed by atoms with E-state index in [2.05, 4.69) is 15.4 Å². The molecular formula is C8H14N4O. The van der Waals surface area contributed by atoms with Crippen LogP contribution in [0, 0.1) is 5.41 Å². The molecule has 0 atom stereocenters. The Hall–Kier alpha value is -0.940. The van der Waals surface area contributed by atoms with Gasteiger partial charge < -0.3 is 10.4 Å². The minimum Gasteiger partial charge on any atom is -0.396 e. The summed E-state index contributed by atoms with van der Waals surface area (Å²) in [6.45, 7) is 1.96. The van der Waals surface area contributed by atoms with Gasteiger partial charge in [0.25, 0.3) is 0 Å². The average molecular weight is 182 g/mol. The van der Waals surface area contributed by atoms with E-state index in [0.717, 1.165) is 25.3 Å². The van der Waals surface area contributed by atoms with Crippen LogP contribution in [-0.2, 0) is 13.5 Å². The molecule has 0 aliphatic carbocycles. The lowest BCUT2D eigenvalue weighted by Crippen LogP contribution is -2.57. The molecule has 2 rings (SSSR count). The molecule has 0 spiro atoms. The van der Waals surface area contributed by atoms with E-state index in [0.29, 0.717) is 0 Å². The maximum absolute atomic E-state index is 9.23. The van der Waals surface area contributed by atoms with Crippen LogP contribution in [0.25, 0.3) is 0 Å². The SMILES string of the molecule is Cn1ncnc1CC1(CO)CNC1. The van der Waals surface area contributed by atoms with Crippen molar-refractivity contribution in [3.63, 3.8) is 0 Å². The molecule has 0 aromatic carbocycles. The van der Waals surface area contributed by atoms with Gasteiger partial charge in [0.2, 0.25) is 0 Å². The summed E-state index contributed by atoms with van der Waals surface area (Å²) in [5, 5.41) is 16.4. The first-order valence-corrected chi connectivity index (χ1v) is 4.40. The van der Waals surface area contributed by atoms with Crippen LogP contribution >= 0.6 is 0 Å². The molecular weight excluding hydrogens is 168 g/mol. The Kier molecular flexibility index (Phi) is 2.05. The zero-order chi connectivity index (χ0) is 9.31. The van der Waals surface area contributed by atoms with Gasteiger partial charge in [0.05, 0.1) is 6.61 Å². The fourth-order valence-corrected chi connectivity index (χ4v) is 1.59. The molecule has 2 N–H and O–H groups in total. The smallest absolute Gasteiger partial charge is 0.138 e. The van der Waals surface area contributed by atoms with Crippen molar-refractivity contribution in [2.24, 2.45) is 12.5 Å². The molecule has 1 fully saturated rings. The van der Waals surface area contributed by atoms with Crippen molar-refractivity contribution in [1.82, 2.24) is 20.1 Å². The monoisotopic (exact) mass is 182 g/mol. The quantitative estimate of drug-likeness (QED) is 0.625. The van der Waals surface area contributed by atoms with Crippen LogP contribution in [0.2, 0.25) is 0 Å². The Balaban J connectivity index is 2.08. The highest BCUT2D eigenvalue weighted by molar-refractivity contribution is 5.00. The second-order valence-corrected chi connectivity index (χ2v) is 3.74. The topological polar surface area (TPSA) is 63.0 Å². The Labute approximate surface area is 76.8 Å². The van der Waals surface area contributed by atoms with Crippen molar-refractivity contribution in [3.05, 3.63) is 12.2 Å². The molecule has 0 amide bonds. The van der Waals surface area contributed by atoms with Crippen LogP contribution in [0.15, 0.2) is 6.33 Å². The predicted molar refractivity (Wildman–Crippen MR) is 47.1 cm³/mol. The first-order chi connectivity index (χ1) is 6.26. The molecule has 0 saturated carbocycles. The van der Waals surface area contributed by atoms with Gasteiger partial charge in [-0.05, 0) is 0 Å². The third kappa shape index (κ3) is 1.45. The number of aliphatic hydroxyl groups is 1. The minimum atomic E-state index is 0.000787. The first kappa shape index (κ1) is 8.65. The number of hydrogen-bond acceptors (Lipinski definition) is 4. The maximum atomic E-state index is 9.23. The van der Waals surface area contributed by atoms with E-state index in [1.165, 1.54) is 0 Å². The van der Waals surface area contributed by atoms with Gasteiger partial charge in [-0.15, -0.1) is 0 Å². The van der Waals surface area contributed by atoms with Crippen LogP contribution in [0.4, 0.5) is 0 Å². The van der Waals surface area contributed by atoms with Gasteiger partial charge in [-0.2, -0.15) is 5.10 Å². The molecule has 1 aliphatic rings. The number of nitrogens with zero attached hydrogens (tertiary/aromatic N) is 3. The molecule has 5 heteroatoms. The number of rotatable bonds is 3. The Morgan fingerprint density at radius 3 is 2.85 bits per heavy atom. The van der Waals surface area contributed by atoms with Gasteiger partial charge in [0.1, 0.15) is 12.2 Å². The molecule has 1 aromatic rings. The van der Waals surface area contributed by atoms with E-state index in [1.54, 1.807) is 11.0 Å². The number of nitrogens with one attached hydrogen (secondary N) is 1. The van der Waals surface area contributed by atoms with Gasteiger partial charge in [-0.25, -0.2) is 4.98 Å². The largest absolute Gasteiger partial charge is 0.396 e. The Morgan fingerprint density at radius 1 is 1.69 bits per heavy atom. The Bertz CT molecular complexity index is 287. The molecule has 2 heterocycles. The second kappa shape index (κ2) is 3.08. The zero-order valence-corrected chi connectivity index (χ0v) is 7.69. The highest BCUT2D eigenvalue weighted by atomic mass is 16.3. The molecule has 1 aliphatic heterocycles. The van der Waals surface area contributed by atoms with Crippen LogP contribution in [0.5, 0.6) is 0 Å². The summed E-state index contributed by atoms with van der Waals surface area (Å²) in [5.41, 5.74) is 0.000787. The van der Waals surface area contributed by atoms with Crippen molar-refractivity contribution in [2.45, 2.75) is 6.42 Å². The summed E-state index contributed by atoms with van der Waals surface area (Å²) in [4.78, 5) is 4.14. The molecule has 13 heavy (non-hydrogen) atoms. The lowest BCUT2D eigenvalue weighted by atomic mass is 9.79. The van der Waals surface area contributed by atoms with Crippen molar-refractivity contribution in [3.8, 4) is 0 Å².